The van der Waals surface area contributed by atoms with Crippen LogP contribution in [0.5, 0.6) is 0 Å². The summed E-state index contributed by atoms with van der Waals surface area (Å²) in [4.78, 5) is 2.48. The van der Waals surface area contributed by atoms with Gasteiger partial charge in [0, 0.05) is 35.2 Å². The number of nitrogens with zero attached hydrogens (tertiary/aromatic N) is 1. The van der Waals surface area contributed by atoms with Gasteiger partial charge in [0.2, 0.25) is 0 Å². The molecule has 2 nitrogen and oxygen atoms in total. The van der Waals surface area contributed by atoms with Crippen LogP contribution in [-0.2, 0) is 6.54 Å². The lowest BCUT2D eigenvalue weighted by molar-refractivity contribution is 0.194. The highest BCUT2D eigenvalue weighted by molar-refractivity contribution is 6.34. The maximum absolute atomic E-state index is 6.07. The molecule has 19 heavy (non-hydrogen) atoms. The normalized spacial score (nSPS) is 19.6. The molecule has 106 valence electrons. The Morgan fingerprint density at radius 1 is 1.26 bits per heavy atom. The van der Waals surface area contributed by atoms with Crippen LogP contribution in [0.1, 0.15) is 32.3 Å². The van der Waals surface area contributed by atoms with Crippen molar-refractivity contribution in [2.75, 3.05) is 13.1 Å². The zero-order chi connectivity index (χ0) is 13.8. The van der Waals surface area contributed by atoms with E-state index in [1.165, 1.54) is 18.4 Å². The maximum Gasteiger partial charge on any atom is 0.0424 e. The zero-order valence-corrected chi connectivity index (χ0v) is 13.1. The summed E-state index contributed by atoms with van der Waals surface area (Å²) in [5.41, 5.74) is 1.18. The van der Waals surface area contributed by atoms with Crippen molar-refractivity contribution in [3.63, 3.8) is 0 Å². The second-order valence-corrected chi connectivity index (χ2v) is 6.47. The molecule has 1 N–H and O–H groups in total. The van der Waals surface area contributed by atoms with Crippen molar-refractivity contribution in [1.29, 1.82) is 0 Å². The van der Waals surface area contributed by atoms with Crippen molar-refractivity contribution >= 4 is 23.2 Å². The van der Waals surface area contributed by atoms with Crippen molar-refractivity contribution in [1.82, 2.24) is 10.2 Å². The Hall–Kier alpha value is -0.280. The van der Waals surface area contributed by atoms with Crippen LogP contribution in [0.15, 0.2) is 18.2 Å². The Kier molecular flexibility index (Phi) is 5.52. The molecule has 0 spiro atoms. The molecule has 1 unspecified atom stereocenters. The van der Waals surface area contributed by atoms with Gasteiger partial charge in [-0.3, -0.25) is 4.90 Å². The summed E-state index contributed by atoms with van der Waals surface area (Å²) < 4.78 is 0. The first-order valence-electron chi connectivity index (χ1n) is 6.97. The largest absolute Gasteiger partial charge is 0.313 e. The molecule has 4 heteroatoms. The lowest BCUT2D eigenvalue weighted by atomic mass is 10.1. The van der Waals surface area contributed by atoms with E-state index in [0.29, 0.717) is 22.1 Å². The fourth-order valence-electron chi connectivity index (χ4n) is 2.59. The maximum atomic E-state index is 6.07. The molecule has 0 aliphatic carbocycles. The van der Waals surface area contributed by atoms with Gasteiger partial charge in [0.15, 0.2) is 0 Å². The predicted octanol–water partition coefficient (Wildman–Crippen LogP) is 3.96. The van der Waals surface area contributed by atoms with E-state index in [-0.39, 0.29) is 0 Å². The van der Waals surface area contributed by atoms with Crippen molar-refractivity contribution in [3.8, 4) is 0 Å². The molecule has 2 rings (SSSR count). The Labute approximate surface area is 126 Å². The average Bonchev–Trinajstić information content (AvgIpc) is 2.79. The van der Waals surface area contributed by atoms with Crippen molar-refractivity contribution in [2.45, 2.75) is 45.3 Å². The minimum Gasteiger partial charge on any atom is -0.313 e. The summed E-state index contributed by atoms with van der Waals surface area (Å²) in [6, 6.07) is 6.93. The number of benzene rings is 1. The summed E-state index contributed by atoms with van der Waals surface area (Å²) in [5.74, 6) is 0. The highest BCUT2D eigenvalue weighted by Gasteiger charge is 2.19. The van der Waals surface area contributed by atoms with Gasteiger partial charge in [-0.25, -0.2) is 0 Å². The van der Waals surface area contributed by atoms with Gasteiger partial charge >= 0.3 is 0 Å². The van der Waals surface area contributed by atoms with E-state index in [1.54, 1.807) is 6.07 Å². The SMILES string of the molecule is CC(C)N(Cc1cc(Cl)cc(Cl)c1)CC1CCCN1. The molecular weight excluding hydrogens is 279 g/mol. The number of hydrogen-bond acceptors (Lipinski definition) is 2. The third kappa shape index (κ3) is 4.64. The molecule has 1 saturated heterocycles. The summed E-state index contributed by atoms with van der Waals surface area (Å²) in [7, 11) is 0. The first-order chi connectivity index (χ1) is 9.04. The van der Waals surface area contributed by atoms with Crippen LogP contribution in [0.3, 0.4) is 0 Å². The molecule has 1 heterocycles. The smallest absolute Gasteiger partial charge is 0.0424 e. The van der Waals surface area contributed by atoms with E-state index in [4.69, 9.17) is 23.2 Å². The molecule has 0 bridgehead atoms. The van der Waals surface area contributed by atoms with Crippen LogP contribution >= 0.6 is 23.2 Å². The van der Waals surface area contributed by atoms with Gasteiger partial charge in [0.05, 0.1) is 0 Å². The van der Waals surface area contributed by atoms with Gasteiger partial charge in [0.25, 0.3) is 0 Å². The summed E-state index contributed by atoms with van der Waals surface area (Å²) in [5, 5.41) is 4.98. The number of nitrogens with one attached hydrogen (secondary N) is 1. The van der Waals surface area contributed by atoms with E-state index < -0.39 is 0 Å². The molecule has 0 aromatic heterocycles. The third-order valence-electron chi connectivity index (χ3n) is 3.66. The Bertz CT molecular complexity index is 394. The lowest BCUT2D eigenvalue weighted by Gasteiger charge is -2.29. The van der Waals surface area contributed by atoms with Crippen LogP contribution in [-0.4, -0.2) is 30.1 Å². The molecule has 1 atom stereocenters. The fraction of sp³-hybridized carbons (Fsp3) is 0.600. The molecule has 0 amide bonds. The van der Waals surface area contributed by atoms with Crippen molar-refractivity contribution < 1.29 is 0 Å². The van der Waals surface area contributed by atoms with E-state index in [2.05, 4.69) is 24.1 Å². The lowest BCUT2D eigenvalue weighted by Crippen LogP contribution is -2.40. The summed E-state index contributed by atoms with van der Waals surface area (Å²) in [6.07, 6.45) is 2.57. The first-order valence-corrected chi connectivity index (χ1v) is 7.72. The minimum absolute atomic E-state index is 0.514. The van der Waals surface area contributed by atoms with Crippen LogP contribution in [0.4, 0.5) is 0 Å². The van der Waals surface area contributed by atoms with Gasteiger partial charge in [0.1, 0.15) is 0 Å². The average molecular weight is 301 g/mol. The fourth-order valence-corrected chi connectivity index (χ4v) is 3.16. The van der Waals surface area contributed by atoms with Crippen molar-refractivity contribution in [2.24, 2.45) is 0 Å². The summed E-state index contributed by atoms with van der Waals surface area (Å²) >= 11 is 12.1. The van der Waals surface area contributed by atoms with Crippen molar-refractivity contribution in [3.05, 3.63) is 33.8 Å². The molecule has 0 radical (unpaired) electrons. The van der Waals surface area contributed by atoms with Crippen LogP contribution in [0, 0.1) is 0 Å². The highest BCUT2D eigenvalue weighted by atomic mass is 35.5. The Balaban J connectivity index is 2.02. The van der Waals surface area contributed by atoms with Crippen LogP contribution in [0.2, 0.25) is 10.0 Å². The standard InChI is InChI=1S/C15H22Cl2N2/c1-11(2)19(10-15-4-3-5-18-15)9-12-6-13(16)8-14(17)7-12/h6-8,11,15,18H,3-5,9-10H2,1-2H3. The van der Waals surface area contributed by atoms with Crippen LogP contribution < -0.4 is 5.32 Å². The summed E-state index contributed by atoms with van der Waals surface area (Å²) in [6.45, 7) is 7.61. The molecular formula is C15H22Cl2N2. The third-order valence-corrected chi connectivity index (χ3v) is 4.09. The molecule has 1 fully saturated rings. The number of hydrogen-bond donors (Lipinski definition) is 1. The Morgan fingerprint density at radius 2 is 1.95 bits per heavy atom. The van der Waals surface area contributed by atoms with Gasteiger partial charge in [-0.15, -0.1) is 0 Å². The zero-order valence-electron chi connectivity index (χ0n) is 11.6. The van der Waals surface area contributed by atoms with Gasteiger partial charge in [-0.2, -0.15) is 0 Å². The molecule has 1 aliphatic rings. The van der Waals surface area contributed by atoms with Crippen LogP contribution in [0.25, 0.3) is 0 Å². The van der Waals surface area contributed by atoms with E-state index in [9.17, 15) is 0 Å². The second kappa shape index (κ2) is 6.94. The molecule has 1 aliphatic heterocycles. The van der Waals surface area contributed by atoms with Gasteiger partial charge in [-0.05, 0) is 57.0 Å². The molecule has 0 saturated carbocycles. The molecule has 1 aromatic rings. The minimum atomic E-state index is 0.514. The highest BCUT2D eigenvalue weighted by Crippen LogP contribution is 2.21. The topological polar surface area (TPSA) is 15.3 Å². The van der Waals surface area contributed by atoms with E-state index >= 15 is 0 Å². The van der Waals surface area contributed by atoms with Gasteiger partial charge < -0.3 is 5.32 Å². The van der Waals surface area contributed by atoms with E-state index in [0.717, 1.165) is 19.6 Å². The number of rotatable bonds is 5. The van der Waals surface area contributed by atoms with E-state index in [1.807, 2.05) is 12.1 Å². The second-order valence-electron chi connectivity index (χ2n) is 5.59. The first kappa shape index (κ1) is 15.1. The Morgan fingerprint density at radius 3 is 2.47 bits per heavy atom. The molecule has 1 aromatic carbocycles. The monoisotopic (exact) mass is 300 g/mol. The van der Waals surface area contributed by atoms with Gasteiger partial charge in [-0.1, -0.05) is 23.2 Å². The quantitative estimate of drug-likeness (QED) is 0.885. The predicted molar refractivity (Wildman–Crippen MR) is 83.0 cm³/mol. The number of halogens is 2.